The van der Waals surface area contributed by atoms with E-state index in [1.54, 1.807) is 0 Å². The van der Waals surface area contributed by atoms with Gasteiger partial charge in [-0.05, 0) is 38.6 Å². The Morgan fingerprint density at radius 3 is 3.15 bits per heavy atom. The van der Waals surface area contributed by atoms with Crippen LogP contribution in [-0.4, -0.2) is 48.1 Å². The summed E-state index contributed by atoms with van der Waals surface area (Å²) in [6.07, 6.45) is 2.74. The summed E-state index contributed by atoms with van der Waals surface area (Å²) >= 11 is 2.12. The summed E-state index contributed by atoms with van der Waals surface area (Å²) in [6.45, 7) is 6.08. The molecule has 0 aromatic carbocycles. The summed E-state index contributed by atoms with van der Waals surface area (Å²) in [5, 5.41) is 3.55. The van der Waals surface area contributed by atoms with Crippen molar-refractivity contribution in [2.75, 3.05) is 31.1 Å². The monoisotopic (exact) mass is 200 g/mol. The maximum atomic E-state index is 3.55. The highest BCUT2D eigenvalue weighted by Gasteiger charge is 2.24. The molecule has 2 aliphatic heterocycles. The molecule has 2 fully saturated rings. The standard InChI is InChI=1S/C10H20N2S/c1-9-7-12(5-2-4-11-9)10-3-6-13-8-10/h9-11H,2-8H2,1H3. The lowest BCUT2D eigenvalue weighted by atomic mass is 10.2. The molecule has 13 heavy (non-hydrogen) atoms. The summed E-state index contributed by atoms with van der Waals surface area (Å²) in [4.78, 5) is 2.70. The van der Waals surface area contributed by atoms with E-state index in [1.165, 1.54) is 44.0 Å². The molecule has 0 saturated carbocycles. The Morgan fingerprint density at radius 1 is 1.46 bits per heavy atom. The van der Waals surface area contributed by atoms with E-state index in [-0.39, 0.29) is 0 Å². The van der Waals surface area contributed by atoms with E-state index in [2.05, 4.69) is 28.9 Å². The van der Waals surface area contributed by atoms with Gasteiger partial charge in [-0.1, -0.05) is 0 Å². The molecule has 2 atom stereocenters. The van der Waals surface area contributed by atoms with Crippen LogP contribution in [0.1, 0.15) is 19.8 Å². The molecule has 0 aromatic rings. The Bertz CT molecular complexity index is 157. The fraction of sp³-hybridized carbons (Fsp3) is 1.00. The van der Waals surface area contributed by atoms with Crippen LogP contribution < -0.4 is 5.32 Å². The lowest BCUT2D eigenvalue weighted by molar-refractivity contribution is 0.212. The molecule has 2 unspecified atom stereocenters. The van der Waals surface area contributed by atoms with Gasteiger partial charge in [0.2, 0.25) is 0 Å². The summed E-state index contributed by atoms with van der Waals surface area (Å²) in [6, 6.07) is 1.57. The van der Waals surface area contributed by atoms with Gasteiger partial charge in [0, 0.05) is 24.4 Å². The van der Waals surface area contributed by atoms with Crippen LogP contribution in [0, 0.1) is 0 Å². The van der Waals surface area contributed by atoms with Crippen molar-refractivity contribution < 1.29 is 0 Å². The van der Waals surface area contributed by atoms with Gasteiger partial charge in [0.25, 0.3) is 0 Å². The number of thioether (sulfide) groups is 1. The van der Waals surface area contributed by atoms with E-state index < -0.39 is 0 Å². The highest BCUT2D eigenvalue weighted by atomic mass is 32.2. The third-order valence-corrected chi connectivity index (χ3v) is 4.19. The van der Waals surface area contributed by atoms with Crippen LogP contribution in [0.5, 0.6) is 0 Å². The average Bonchev–Trinajstić information content (AvgIpc) is 2.56. The SMILES string of the molecule is CC1CN(C2CCSC2)CCCN1. The summed E-state index contributed by atoms with van der Waals surface area (Å²) in [5.41, 5.74) is 0. The third kappa shape index (κ3) is 2.61. The predicted octanol–water partition coefficient (Wildman–Crippen LogP) is 1.18. The van der Waals surface area contributed by atoms with Crippen molar-refractivity contribution in [1.29, 1.82) is 0 Å². The highest BCUT2D eigenvalue weighted by Crippen LogP contribution is 2.23. The lowest BCUT2D eigenvalue weighted by Crippen LogP contribution is -2.41. The van der Waals surface area contributed by atoms with E-state index in [4.69, 9.17) is 0 Å². The molecule has 76 valence electrons. The topological polar surface area (TPSA) is 15.3 Å². The van der Waals surface area contributed by atoms with Crippen LogP contribution in [0.4, 0.5) is 0 Å². The molecular formula is C10H20N2S. The molecule has 0 radical (unpaired) electrons. The van der Waals surface area contributed by atoms with Crippen molar-refractivity contribution in [2.24, 2.45) is 0 Å². The van der Waals surface area contributed by atoms with Crippen molar-refractivity contribution in [1.82, 2.24) is 10.2 Å². The van der Waals surface area contributed by atoms with Crippen LogP contribution in [-0.2, 0) is 0 Å². The van der Waals surface area contributed by atoms with Crippen molar-refractivity contribution in [2.45, 2.75) is 31.8 Å². The number of rotatable bonds is 1. The zero-order valence-corrected chi connectivity index (χ0v) is 9.28. The molecule has 0 bridgehead atoms. The zero-order chi connectivity index (χ0) is 9.10. The first-order chi connectivity index (χ1) is 6.36. The van der Waals surface area contributed by atoms with E-state index in [0.29, 0.717) is 6.04 Å². The lowest BCUT2D eigenvalue weighted by Gasteiger charge is -2.28. The quantitative estimate of drug-likeness (QED) is 0.684. The van der Waals surface area contributed by atoms with Crippen LogP contribution in [0.25, 0.3) is 0 Å². The van der Waals surface area contributed by atoms with E-state index in [9.17, 15) is 0 Å². The summed E-state index contributed by atoms with van der Waals surface area (Å²) < 4.78 is 0. The van der Waals surface area contributed by atoms with Gasteiger partial charge in [0.1, 0.15) is 0 Å². The van der Waals surface area contributed by atoms with Gasteiger partial charge in [-0.15, -0.1) is 0 Å². The van der Waals surface area contributed by atoms with Gasteiger partial charge in [-0.2, -0.15) is 11.8 Å². The largest absolute Gasteiger partial charge is 0.313 e. The second kappa shape index (κ2) is 4.67. The van der Waals surface area contributed by atoms with Gasteiger partial charge in [0.15, 0.2) is 0 Å². The first-order valence-electron chi connectivity index (χ1n) is 5.41. The molecule has 2 saturated heterocycles. The predicted molar refractivity (Wildman–Crippen MR) is 59.4 cm³/mol. The Morgan fingerprint density at radius 2 is 2.38 bits per heavy atom. The number of nitrogens with zero attached hydrogens (tertiary/aromatic N) is 1. The molecule has 1 N–H and O–H groups in total. The van der Waals surface area contributed by atoms with Crippen LogP contribution in [0.3, 0.4) is 0 Å². The molecule has 2 heterocycles. The number of hydrogen-bond acceptors (Lipinski definition) is 3. The minimum absolute atomic E-state index is 0.688. The van der Waals surface area contributed by atoms with Gasteiger partial charge >= 0.3 is 0 Å². The maximum absolute atomic E-state index is 3.55. The second-order valence-electron chi connectivity index (χ2n) is 4.22. The molecule has 3 heteroatoms. The molecule has 2 aliphatic rings. The van der Waals surface area contributed by atoms with Crippen molar-refractivity contribution in [3.05, 3.63) is 0 Å². The smallest absolute Gasteiger partial charge is 0.0194 e. The maximum Gasteiger partial charge on any atom is 0.0194 e. The first-order valence-corrected chi connectivity index (χ1v) is 6.57. The molecular weight excluding hydrogens is 180 g/mol. The number of nitrogens with one attached hydrogen (secondary N) is 1. The molecule has 2 nitrogen and oxygen atoms in total. The van der Waals surface area contributed by atoms with Gasteiger partial charge in [0.05, 0.1) is 0 Å². The highest BCUT2D eigenvalue weighted by molar-refractivity contribution is 7.99. The minimum atomic E-state index is 0.688. The number of hydrogen-bond donors (Lipinski definition) is 1. The molecule has 0 amide bonds. The van der Waals surface area contributed by atoms with Crippen molar-refractivity contribution >= 4 is 11.8 Å². The van der Waals surface area contributed by atoms with E-state index in [0.717, 1.165) is 6.04 Å². The van der Waals surface area contributed by atoms with E-state index >= 15 is 0 Å². The first kappa shape index (κ1) is 9.81. The van der Waals surface area contributed by atoms with Crippen molar-refractivity contribution in [3.8, 4) is 0 Å². The zero-order valence-electron chi connectivity index (χ0n) is 8.46. The van der Waals surface area contributed by atoms with Crippen molar-refractivity contribution in [3.63, 3.8) is 0 Å². The second-order valence-corrected chi connectivity index (χ2v) is 5.37. The van der Waals surface area contributed by atoms with E-state index in [1.807, 2.05) is 0 Å². The molecule has 2 rings (SSSR count). The summed E-state index contributed by atoms with van der Waals surface area (Å²) in [7, 11) is 0. The Hall–Kier alpha value is 0.270. The van der Waals surface area contributed by atoms with Crippen LogP contribution in [0.2, 0.25) is 0 Å². The van der Waals surface area contributed by atoms with Gasteiger partial charge < -0.3 is 5.32 Å². The molecule has 0 aromatic heterocycles. The van der Waals surface area contributed by atoms with Gasteiger partial charge in [-0.3, -0.25) is 4.90 Å². The fourth-order valence-electron chi connectivity index (χ4n) is 2.28. The normalized spacial score (nSPS) is 37.6. The minimum Gasteiger partial charge on any atom is -0.313 e. The summed E-state index contributed by atoms with van der Waals surface area (Å²) in [5.74, 6) is 2.75. The van der Waals surface area contributed by atoms with Crippen LogP contribution in [0.15, 0.2) is 0 Å². The Labute approximate surface area is 85.4 Å². The Balaban J connectivity index is 1.88. The van der Waals surface area contributed by atoms with Crippen LogP contribution >= 0.6 is 11.8 Å². The Kier molecular flexibility index (Phi) is 3.52. The third-order valence-electron chi connectivity index (χ3n) is 3.05. The fourth-order valence-corrected chi connectivity index (χ4v) is 3.53. The molecule has 0 spiro atoms. The van der Waals surface area contributed by atoms with Gasteiger partial charge in [-0.25, -0.2) is 0 Å². The average molecular weight is 200 g/mol. The molecule has 0 aliphatic carbocycles.